The Balaban J connectivity index is 2.60. The molecule has 0 saturated heterocycles. The van der Waals surface area contributed by atoms with Gasteiger partial charge in [0.2, 0.25) is 5.91 Å². The third-order valence-corrected chi connectivity index (χ3v) is 2.84. The Hall–Kier alpha value is -2.08. The number of hydrogen-bond acceptors (Lipinski definition) is 3. The van der Waals surface area contributed by atoms with E-state index in [1.54, 1.807) is 13.1 Å². The zero-order chi connectivity index (χ0) is 16.0. The lowest BCUT2D eigenvalue weighted by Gasteiger charge is -2.19. The van der Waals surface area contributed by atoms with E-state index in [1.807, 2.05) is 39.0 Å². The maximum Gasteiger partial charge on any atom is 0.322 e. The second-order valence-corrected chi connectivity index (χ2v) is 5.42. The fourth-order valence-electron chi connectivity index (χ4n) is 1.77. The summed E-state index contributed by atoms with van der Waals surface area (Å²) in [6.07, 6.45) is 0. The summed E-state index contributed by atoms with van der Waals surface area (Å²) < 4.78 is 0. The van der Waals surface area contributed by atoms with Crippen molar-refractivity contribution in [1.82, 2.24) is 10.2 Å². The predicted octanol–water partition coefficient (Wildman–Crippen LogP) is 1.69. The summed E-state index contributed by atoms with van der Waals surface area (Å²) in [6, 6.07) is 6.96. The molecule has 0 radical (unpaired) electrons. The van der Waals surface area contributed by atoms with Crippen LogP contribution in [0.2, 0.25) is 0 Å². The SMILES string of the molecule is CC(C)NC(=O)CN(C)C(=O)Nc1cccc(C(C)N)c1. The van der Waals surface area contributed by atoms with E-state index >= 15 is 0 Å². The van der Waals surface area contributed by atoms with Crippen LogP contribution in [0, 0.1) is 0 Å². The van der Waals surface area contributed by atoms with Crippen molar-refractivity contribution >= 4 is 17.6 Å². The Morgan fingerprint density at radius 2 is 1.95 bits per heavy atom. The Labute approximate surface area is 125 Å². The van der Waals surface area contributed by atoms with Crippen molar-refractivity contribution in [2.24, 2.45) is 5.73 Å². The normalized spacial score (nSPS) is 11.9. The van der Waals surface area contributed by atoms with E-state index in [4.69, 9.17) is 5.73 Å². The molecule has 1 aromatic carbocycles. The fraction of sp³-hybridized carbons (Fsp3) is 0.467. The van der Waals surface area contributed by atoms with Gasteiger partial charge in [-0.05, 0) is 38.5 Å². The minimum absolute atomic E-state index is 0.0109. The highest BCUT2D eigenvalue weighted by molar-refractivity contribution is 5.92. The highest BCUT2D eigenvalue weighted by Crippen LogP contribution is 2.15. The summed E-state index contributed by atoms with van der Waals surface area (Å²) in [7, 11) is 1.57. The zero-order valence-corrected chi connectivity index (χ0v) is 13.0. The molecule has 0 aliphatic rings. The number of likely N-dealkylation sites (N-methyl/N-ethyl adjacent to an activating group) is 1. The summed E-state index contributed by atoms with van der Waals surface area (Å²) in [6.45, 7) is 5.63. The zero-order valence-electron chi connectivity index (χ0n) is 13.0. The van der Waals surface area contributed by atoms with Crippen LogP contribution >= 0.6 is 0 Å². The van der Waals surface area contributed by atoms with Gasteiger partial charge in [0, 0.05) is 24.8 Å². The molecule has 1 aromatic rings. The molecule has 1 unspecified atom stereocenters. The number of amides is 3. The van der Waals surface area contributed by atoms with Crippen molar-refractivity contribution in [3.63, 3.8) is 0 Å². The van der Waals surface area contributed by atoms with E-state index in [0.29, 0.717) is 5.69 Å². The number of carbonyl (C=O) groups is 2. The van der Waals surface area contributed by atoms with E-state index in [1.165, 1.54) is 4.90 Å². The number of anilines is 1. The van der Waals surface area contributed by atoms with Crippen LogP contribution in [0.3, 0.4) is 0 Å². The van der Waals surface area contributed by atoms with Gasteiger partial charge in [-0.3, -0.25) is 4.79 Å². The molecule has 4 N–H and O–H groups in total. The molecule has 116 valence electrons. The first-order valence-electron chi connectivity index (χ1n) is 6.96. The van der Waals surface area contributed by atoms with Gasteiger partial charge in [-0.15, -0.1) is 0 Å². The molecule has 1 rings (SSSR count). The molecule has 3 amide bonds. The molecule has 0 aliphatic heterocycles. The van der Waals surface area contributed by atoms with E-state index in [0.717, 1.165) is 5.56 Å². The van der Waals surface area contributed by atoms with E-state index in [-0.39, 0.29) is 30.6 Å². The van der Waals surface area contributed by atoms with Crippen molar-refractivity contribution < 1.29 is 9.59 Å². The van der Waals surface area contributed by atoms with Crippen molar-refractivity contribution in [2.75, 3.05) is 18.9 Å². The maximum atomic E-state index is 12.0. The van der Waals surface area contributed by atoms with Crippen LogP contribution in [0.15, 0.2) is 24.3 Å². The quantitative estimate of drug-likeness (QED) is 0.772. The largest absolute Gasteiger partial charge is 0.352 e. The first kappa shape index (κ1) is 17.0. The summed E-state index contributed by atoms with van der Waals surface area (Å²) in [4.78, 5) is 25.0. The van der Waals surface area contributed by atoms with Crippen molar-refractivity contribution in [2.45, 2.75) is 32.9 Å². The van der Waals surface area contributed by atoms with Crippen LogP contribution in [0.1, 0.15) is 32.4 Å². The second-order valence-electron chi connectivity index (χ2n) is 5.42. The lowest BCUT2D eigenvalue weighted by atomic mass is 10.1. The van der Waals surface area contributed by atoms with Gasteiger partial charge in [-0.1, -0.05) is 12.1 Å². The highest BCUT2D eigenvalue weighted by Gasteiger charge is 2.13. The number of hydrogen-bond donors (Lipinski definition) is 3. The molecular weight excluding hydrogens is 268 g/mol. The van der Waals surface area contributed by atoms with Gasteiger partial charge in [-0.2, -0.15) is 0 Å². The van der Waals surface area contributed by atoms with Gasteiger partial charge in [-0.25, -0.2) is 4.79 Å². The molecule has 6 nitrogen and oxygen atoms in total. The van der Waals surface area contributed by atoms with E-state index in [2.05, 4.69) is 10.6 Å². The number of nitrogens with two attached hydrogens (primary N) is 1. The van der Waals surface area contributed by atoms with Crippen molar-refractivity contribution in [1.29, 1.82) is 0 Å². The van der Waals surface area contributed by atoms with Crippen LogP contribution in [0.4, 0.5) is 10.5 Å². The standard InChI is InChI=1S/C15H24N4O2/c1-10(2)17-14(20)9-19(4)15(21)18-13-7-5-6-12(8-13)11(3)16/h5-8,10-11H,9,16H2,1-4H3,(H,17,20)(H,18,21). The predicted molar refractivity (Wildman–Crippen MR) is 84.0 cm³/mol. The number of carbonyl (C=O) groups excluding carboxylic acids is 2. The second kappa shape index (κ2) is 7.64. The first-order chi connectivity index (χ1) is 9.79. The number of nitrogens with one attached hydrogen (secondary N) is 2. The van der Waals surface area contributed by atoms with Gasteiger partial charge in [0.15, 0.2) is 0 Å². The molecule has 0 saturated carbocycles. The third-order valence-electron chi connectivity index (χ3n) is 2.84. The molecule has 0 spiro atoms. The van der Waals surface area contributed by atoms with Gasteiger partial charge >= 0.3 is 6.03 Å². The summed E-state index contributed by atoms with van der Waals surface area (Å²) in [5.74, 6) is -0.188. The summed E-state index contributed by atoms with van der Waals surface area (Å²) in [5, 5.41) is 5.49. The number of urea groups is 1. The summed E-state index contributed by atoms with van der Waals surface area (Å²) in [5.41, 5.74) is 7.41. The fourth-order valence-corrected chi connectivity index (χ4v) is 1.77. The van der Waals surface area contributed by atoms with Crippen molar-refractivity contribution in [3.05, 3.63) is 29.8 Å². The molecule has 0 bridgehead atoms. The van der Waals surface area contributed by atoms with Crippen molar-refractivity contribution in [3.8, 4) is 0 Å². The van der Waals surface area contributed by atoms with Gasteiger partial charge in [0.25, 0.3) is 0 Å². The third kappa shape index (κ3) is 5.83. The minimum Gasteiger partial charge on any atom is -0.352 e. The Morgan fingerprint density at radius 1 is 1.29 bits per heavy atom. The summed E-state index contributed by atoms with van der Waals surface area (Å²) >= 11 is 0. The van der Waals surface area contributed by atoms with Crippen LogP contribution in [0.25, 0.3) is 0 Å². The molecule has 0 aliphatic carbocycles. The van der Waals surface area contributed by atoms with Crippen LogP contribution < -0.4 is 16.4 Å². The first-order valence-corrected chi connectivity index (χ1v) is 6.96. The van der Waals surface area contributed by atoms with Gasteiger partial charge in [0.05, 0.1) is 0 Å². The topological polar surface area (TPSA) is 87.5 Å². The van der Waals surface area contributed by atoms with E-state index in [9.17, 15) is 9.59 Å². The van der Waals surface area contributed by atoms with Gasteiger partial charge in [0.1, 0.15) is 6.54 Å². The molecule has 0 heterocycles. The smallest absolute Gasteiger partial charge is 0.322 e. The lowest BCUT2D eigenvalue weighted by molar-refractivity contribution is -0.121. The average molecular weight is 292 g/mol. The van der Waals surface area contributed by atoms with E-state index < -0.39 is 0 Å². The minimum atomic E-state index is -0.337. The number of nitrogens with zero attached hydrogens (tertiary/aromatic N) is 1. The molecule has 21 heavy (non-hydrogen) atoms. The monoisotopic (exact) mass is 292 g/mol. The Morgan fingerprint density at radius 3 is 2.52 bits per heavy atom. The number of benzene rings is 1. The number of rotatable bonds is 5. The highest BCUT2D eigenvalue weighted by atomic mass is 16.2. The molecular formula is C15H24N4O2. The lowest BCUT2D eigenvalue weighted by Crippen LogP contribution is -2.42. The molecule has 1 atom stereocenters. The van der Waals surface area contributed by atoms with Crippen LogP contribution in [-0.4, -0.2) is 36.5 Å². The van der Waals surface area contributed by atoms with Crippen LogP contribution in [-0.2, 0) is 4.79 Å². The molecule has 0 aromatic heterocycles. The average Bonchev–Trinajstić information content (AvgIpc) is 2.37. The molecule has 0 fully saturated rings. The Bertz CT molecular complexity index is 500. The molecule has 6 heteroatoms. The Kier molecular flexibility index (Phi) is 6.17. The maximum absolute atomic E-state index is 12.0. The van der Waals surface area contributed by atoms with Gasteiger partial charge < -0.3 is 21.3 Å². The van der Waals surface area contributed by atoms with Crippen LogP contribution in [0.5, 0.6) is 0 Å².